The summed E-state index contributed by atoms with van der Waals surface area (Å²) in [5.41, 5.74) is 1.34. The van der Waals surface area contributed by atoms with Gasteiger partial charge in [0.05, 0.1) is 24.7 Å². The first-order valence-corrected chi connectivity index (χ1v) is 7.19. The molecule has 2 aromatic heterocycles. The van der Waals surface area contributed by atoms with Gasteiger partial charge in [0.15, 0.2) is 5.76 Å². The van der Waals surface area contributed by atoms with Gasteiger partial charge in [-0.1, -0.05) is 29.3 Å². The van der Waals surface area contributed by atoms with Crippen LogP contribution in [0.15, 0.2) is 53.4 Å². The van der Waals surface area contributed by atoms with Gasteiger partial charge in [0.2, 0.25) is 0 Å². The molecular weight excluding hydrogens is 325 g/mol. The van der Waals surface area contributed by atoms with Gasteiger partial charge in [-0.05, 0) is 24.3 Å². The first-order valence-electron chi connectivity index (χ1n) is 6.43. The van der Waals surface area contributed by atoms with E-state index in [0.717, 1.165) is 5.56 Å². The van der Waals surface area contributed by atoms with Gasteiger partial charge in [-0.3, -0.25) is 9.48 Å². The first-order chi connectivity index (χ1) is 10.6. The van der Waals surface area contributed by atoms with Crippen molar-refractivity contribution in [2.75, 3.05) is 5.32 Å². The first kappa shape index (κ1) is 14.7. The molecule has 3 rings (SSSR count). The molecule has 0 aliphatic carbocycles. The van der Waals surface area contributed by atoms with Gasteiger partial charge >= 0.3 is 0 Å². The van der Waals surface area contributed by atoms with Gasteiger partial charge in [-0.2, -0.15) is 5.10 Å². The number of halogens is 2. The van der Waals surface area contributed by atoms with Crippen LogP contribution in [0.4, 0.5) is 5.69 Å². The van der Waals surface area contributed by atoms with Crippen molar-refractivity contribution in [2.45, 2.75) is 6.54 Å². The van der Waals surface area contributed by atoms with Gasteiger partial charge in [-0.15, -0.1) is 0 Å². The Morgan fingerprint density at radius 1 is 1.23 bits per heavy atom. The molecule has 1 amide bonds. The number of carbonyl (C=O) groups is 1. The zero-order chi connectivity index (χ0) is 15.5. The van der Waals surface area contributed by atoms with Gasteiger partial charge in [-0.25, -0.2) is 0 Å². The van der Waals surface area contributed by atoms with E-state index in [0.29, 0.717) is 22.3 Å². The monoisotopic (exact) mass is 335 g/mol. The lowest BCUT2D eigenvalue weighted by atomic mass is 10.2. The molecule has 0 radical (unpaired) electrons. The number of anilines is 1. The SMILES string of the molecule is O=C(Nc1cnn(Cc2c(Cl)cccc2Cl)c1)c1ccco1. The van der Waals surface area contributed by atoms with Crippen LogP contribution < -0.4 is 5.32 Å². The van der Waals surface area contributed by atoms with Crippen molar-refractivity contribution in [3.8, 4) is 0 Å². The molecule has 5 nitrogen and oxygen atoms in total. The lowest BCUT2D eigenvalue weighted by Crippen LogP contribution is -2.10. The fourth-order valence-electron chi connectivity index (χ4n) is 1.96. The highest BCUT2D eigenvalue weighted by Crippen LogP contribution is 2.25. The molecule has 7 heteroatoms. The van der Waals surface area contributed by atoms with Crippen LogP contribution in [0.5, 0.6) is 0 Å². The Morgan fingerprint density at radius 2 is 2.00 bits per heavy atom. The standard InChI is InChI=1S/C15H11Cl2N3O2/c16-12-3-1-4-13(17)11(12)9-20-8-10(7-18-20)19-15(21)14-5-2-6-22-14/h1-8H,9H2,(H,19,21). The highest BCUT2D eigenvalue weighted by molar-refractivity contribution is 6.35. The predicted octanol–water partition coefficient (Wildman–Crippen LogP) is 4.08. The third-order valence-corrected chi connectivity index (χ3v) is 3.73. The number of hydrogen-bond acceptors (Lipinski definition) is 3. The summed E-state index contributed by atoms with van der Waals surface area (Å²) in [6.07, 6.45) is 4.68. The van der Waals surface area contributed by atoms with E-state index in [-0.39, 0.29) is 11.7 Å². The molecule has 2 heterocycles. The summed E-state index contributed by atoms with van der Waals surface area (Å²) < 4.78 is 6.67. The van der Waals surface area contributed by atoms with Crippen LogP contribution >= 0.6 is 23.2 Å². The highest BCUT2D eigenvalue weighted by atomic mass is 35.5. The van der Waals surface area contributed by atoms with Crippen molar-refractivity contribution in [2.24, 2.45) is 0 Å². The van der Waals surface area contributed by atoms with Crippen LogP contribution in [-0.4, -0.2) is 15.7 Å². The zero-order valence-corrected chi connectivity index (χ0v) is 12.8. The number of carbonyl (C=O) groups excluding carboxylic acids is 1. The van der Waals surface area contributed by atoms with Gasteiger partial charge in [0.1, 0.15) is 0 Å². The molecule has 0 saturated carbocycles. The van der Waals surface area contributed by atoms with E-state index in [2.05, 4.69) is 10.4 Å². The Hall–Kier alpha value is -2.24. The molecule has 0 bridgehead atoms. The summed E-state index contributed by atoms with van der Waals surface area (Å²) in [6.45, 7) is 0.412. The summed E-state index contributed by atoms with van der Waals surface area (Å²) in [5.74, 6) is -0.0952. The number of amides is 1. The molecule has 0 unspecified atom stereocenters. The Kier molecular flexibility index (Phi) is 4.18. The Bertz CT molecular complexity index is 777. The van der Waals surface area contributed by atoms with E-state index in [1.807, 2.05) is 0 Å². The Balaban J connectivity index is 1.73. The normalized spacial score (nSPS) is 10.6. The minimum atomic E-state index is -0.333. The largest absolute Gasteiger partial charge is 0.459 e. The van der Waals surface area contributed by atoms with Crippen LogP contribution in [-0.2, 0) is 6.54 Å². The number of furan rings is 1. The molecule has 1 N–H and O–H groups in total. The average Bonchev–Trinajstić information content (AvgIpc) is 3.15. The summed E-state index contributed by atoms with van der Waals surface area (Å²) >= 11 is 12.3. The Morgan fingerprint density at radius 3 is 2.68 bits per heavy atom. The smallest absolute Gasteiger partial charge is 0.291 e. The fourth-order valence-corrected chi connectivity index (χ4v) is 2.48. The van der Waals surface area contributed by atoms with Crippen molar-refractivity contribution >= 4 is 34.8 Å². The van der Waals surface area contributed by atoms with Gasteiger partial charge < -0.3 is 9.73 Å². The van der Waals surface area contributed by atoms with Crippen molar-refractivity contribution in [1.82, 2.24) is 9.78 Å². The topological polar surface area (TPSA) is 60.1 Å². The molecular formula is C15H11Cl2N3O2. The lowest BCUT2D eigenvalue weighted by Gasteiger charge is -2.06. The van der Waals surface area contributed by atoms with Crippen molar-refractivity contribution in [3.63, 3.8) is 0 Å². The number of nitrogens with zero attached hydrogens (tertiary/aromatic N) is 2. The van der Waals surface area contributed by atoms with Crippen LogP contribution in [0.3, 0.4) is 0 Å². The number of aromatic nitrogens is 2. The second-order valence-corrected chi connectivity index (χ2v) is 5.37. The predicted molar refractivity (Wildman–Crippen MR) is 84.5 cm³/mol. The summed E-state index contributed by atoms with van der Waals surface area (Å²) in [6, 6.07) is 8.56. The van der Waals surface area contributed by atoms with E-state index >= 15 is 0 Å². The number of hydrogen-bond donors (Lipinski definition) is 1. The van der Waals surface area contributed by atoms with E-state index in [9.17, 15) is 4.79 Å². The van der Waals surface area contributed by atoms with E-state index < -0.39 is 0 Å². The zero-order valence-electron chi connectivity index (χ0n) is 11.3. The molecule has 1 aromatic carbocycles. The lowest BCUT2D eigenvalue weighted by molar-refractivity contribution is 0.0996. The average molecular weight is 336 g/mol. The third kappa shape index (κ3) is 3.16. The quantitative estimate of drug-likeness (QED) is 0.781. The van der Waals surface area contributed by atoms with Gasteiger partial charge in [0, 0.05) is 21.8 Å². The van der Waals surface area contributed by atoms with Crippen molar-refractivity contribution in [1.29, 1.82) is 0 Å². The number of nitrogens with one attached hydrogen (secondary N) is 1. The second-order valence-electron chi connectivity index (χ2n) is 4.56. The minimum absolute atomic E-state index is 0.238. The van der Waals surface area contributed by atoms with Crippen molar-refractivity contribution < 1.29 is 9.21 Å². The molecule has 0 atom stereocenters. The molecule has 0 spiro atoms. The van der Waals surface area contributed by atoms with Crippen molar-refractivity contribution in [3.05, 3.63) is 70.4 Å². The third-order valence-electron chi connectivity index (χ3n) is 3.02. The summed E-state index contributed by atoms with van der Waals surface area (Å²) in [7, 11) is 0. The van der Waals surface area contributed by atoms with E-state index in [1.54, 1.807) is 47.4 Å². The maximum atomic E-state index is 11.9. The highest BCUT2D eigenvalue weighted by Gasteiger charge is 2.11. The number of rotatable bonds is 4. The van der Waals surface area contributed by atoms with E-state index in [4.69, 9.17) is 27.6 Å². The minimum Gasteiger partial charge on any atom is -0.459 e. The van der Waals surface area contributed by atoms with E-state index in [1.165, 1.54) is 6.26 Å². The second kappa shape index (κ2) is 6.25. The maximum absolute atomic E-state index is 11.9. The molecule has 0 aliphatic rings. The molecule has 3 aromatic rings. The number of benzene rings is 1. The van der Waals surface area contributed by atoms with Crippen LogP contribution in [0.2, 0.25) is 10.0 Å². The molecule has 0 fully saturated rings. The summed E-state index contributed by atoms with van der Waals surface area (Å²) in [4.78, 5) is 11.9. The maximum Gasteiger partial charge on any atom is 0.291 e. The molecule has 22 heavy (non-hydrogen) atoms. The Labute approximate surface area is 136 Å². The van der Waals surface area contributed by atoms with Crippen LogP contribution in [0.1, 0.15) is 16.1 Å². The molecule has 0 aliphatic heterocycles. The summed E-state index contributed by atoms with van der Waals surface area (Å²) in [5, 5.41) is 8.03. The van der Waals surface area contributed by atoms with Crippen LogP contribution in [0.25, 0.3) is 0 Å². The molecule has 112 valence electrons. The van der Waals surface area contributed by atoms with Gasteiger partial charge in [0.25, 0.3) is 5.91 Å². The molecule has 0 saturated heterocycles. The fraction of sp³-hybridized carbons (Fsp3) is 0.0667. The van der Waals surface area contributed by atoms with Crippen LogP contribution in [0, 0.1) is 0 Å².